The summed E-state index contributed by atoms with van der Waals surface area (Å²) in [5, 5.41) is 4.98. The number of nitrogens with one attached hydrogen (secondary N) is 1. The minimum absolute atomic E-state index is 0.246. The van der Waals surface area contributed by atoms with Crippen molar-refractivity contribution in [2.24, 2.45) is 0 Å². The Hall–Kier alpha value is -2.51. The number of rotatable bonds is 6. The molecular weight excluding hydrogens is 380 g/mol. The number of aromatic nitrogens is 1. The number of nitrogens with zero attached hydrogens (tertiary/aromatic N) is 1. The first-order valence-electron chi connectivity index (χ1n) is 8.24. The molecule has 1 N–H and O–H groups in total. The van der Waals surface area contributed by atoms with Crippen LogP contribution >= 0.6 is 23.1 Å². The van der Waals surface area contributed by atoms with Gasteiger partial charge in [0.15, 0.2) is 4.34 Å². The van der Waals surface area contributed by atoms with Gasteiger partial charge in [-0.3, -0.25) is 4.79 Å². The summed E-state index contributed by atoms with van der Waals surface area (Å²) >= 11 is 3.24. The van der Waals surface area contributed by atoms with Crippen molar-refractivity contribution in [3.8, 4) is 11.5 Å². The van der Waals surface area contributed by atoms with Crippen molar-refractivity contribution in [3.05, 3.63) is 58.6 Å². The van der Waals surface area contributed by atoms with E-state index in [9.17, 15) is 4.79 Å². The van der Waals surface area contributed by atoms with E-state index >= 15 is 0 Å². The van der Waals surface area contributed by atoms with Crippen LogP contribution < -0.4 is 14.8 Å². The molecule has 0 unspecified atom stereocenters. The molecular formula is C20H20N2O3S2. The minimum atomic E-state index is -0.246. The molecule has 0 atom stereocenters. The molecule has 1 amide bonds. The number of anilines is 1. The first-order valence-corrected chi connectivity index (χ1v) is 9.94. The van der Waals surface area contributed by atoms with Gasteiger partial charge in [0.25, 0.3) is 5.91 Å². The van der Waals surface area contributed by atoms with E-state index in [2.05, 4.69) is 10.3 Å². The van der Waals surface area contributed by atoms with Gasteiger partial charge in [-0.15, -0.1) is 11.3 Å². The molecule has 0 saturated carbocycles. The second-order valence-corrected chi connectivity index (χ2v) is 8.03. The third kappa shape index (κ3) is 4.61. The van der Waals surface area contributed by atoms with Gasteiger partial charge in [0, 0.05) is 21.7 Å². The van der Waals surface area contributed by atoms with Crippen LogP contribution in [0.3, 0.4) is 0 Å². The van der Waals surface area contributed by atoms with Gasteiger partial charge < -0.3 is 14.8 Å². The lowest BCUT2D eigenvalue weighted by atomic mass is 10.1. The van der Waals surface area contributed by atoms with Crippen LogP contribution in [0.4, 0.5) is 5.69 Å². The highest BCUT2D eigenvalue weighted by molar-refractivity contribution is 8.01. The average Bonchev–Trinajstić information content (AvgIpc) is 3.08. The maximum Gasteiger partial charge on any atom is 0.259 e. The van der Waals surface area contributed by atoms with Crippen LogP contribution in [-0.2, 0) is 0 Å². The monoisotopic (exact) mass is 400 g/mol. The minimum Gasteiger partial charge on any atom is -0.497 e. The van der Waals surface area contributed by atoms with Gasteiger partial charge in [-0.05, 0) is 55.8 Å². The molecule has 0 aliphatic carbocycles. The summed E-state index contributed by atoms with van der Waals surface area (Å²) in [5.74, 6) is 0.852. The number of aryl methyl sites for hydroxylation is 2. The van der Waals surface area contributed by atoms with Gasteiger partial charge in [0.2, 0.25) is 0 Å². The smallest absolute Gasteiger partial charge is 0.259 e. The van der Waals surface area contributed by atoms with Crippen molar-refractivity contribution >= 4 is 34.7 Å². The van der Waals surface area contributed by atoms with E-state index in [1.807, 2.05) is 37.4 Å². The van der Waals surface area contributed by atoms with Gasteiger partial charge in [0.05, 0.1) is 19.8 Å². The third-order valence-corrected chi connectivity index (χ3v) is 5.95. The number of ether oxygens (including phenoxy) is 2. The molecule has 0 aliphatic rings. The first-order chi connectivity index (χ1) is 13.0. The van der Waals surface area contributed by atoms with Crippen molar-refractivity contribution in [1.82, 2.24) is 4.98 Å². The van der Waals surface area contributed by atoms with E-state index in [1.54, 1.807) is 48.4 Å². The Kier molecular flexibility index (Phi) is 6.03. The lowest BCUT2D eigenvalue weighted by Gasteiger charge is -2.13. The van der Waals surface area contributed by atoms with Crippen LogP contribution in [0.25, 0.3) is 0 Å². The largest absolute Gasteiger partial charge is 0.497 e. The predicted octanol–water partition coefficient (Wildman–Crippen LogP) is 5.18. The molecule has 0 aliphatic heterocycles. The number of benzene rings is 2. The van der Waals surface area contributed by atoms with E-state index in [0.717, 1.165) is 26.2 Å². The molecule has 27 heavy (non-hydrogen) atoms. The second kappa shape index (κ2) is 8.45. The van der Waals surface area contributed by atoms with Gasteiger partial charge in [0.1, 0.15) is 11.5 Å². The highest BCUT2D eigenvalue weighted by Gasteiger charge is 2.15. The average molecular weight is 401 g/mol. The first kappa shape index (κ1) is 19.3. The van der Waals surface area contributed by atoms with Crippen molar-refractivity contribution in [2.45, 2.75) is 23.1 Å². The summed E-state index contributed by atoms with van der Waals surface area (Å²) in [6, 6.07) is 11.1. The number of methoxy groups -OCH3 is 2. The topological polar surface area (TPSA) is 60.5 Å². The lowest BCUT2D eigenvalue weighted by molar-refractivity contribution is 0.102. The zero-order valence-electron chi connectivity index (χ0n) is 15.5. The van der Waals surface area contributed by atoms with Gasteiger partial charge >= 0.3 is 0 Å². The van der Waals surface area contributed by atoms with Crippen LogP contribution in [-0.4, -0.2) is 25.1 Å². The number of thiazole rings is 1. The zero-order chi connectivity index (χ0) is 19.4. The van der Waals surface area contributed by atoms with Crippen LogP contribution in [0.2, 0.25) is 0 Å². The molecule has 7 heteroatoms. The van der Waals surface area contributed by atoms with Crippen LogP contribution in [0.1, 0.15) is 21.6 Å². The predicted molar refractivity (Wildman–Crippen MR) is 110 cm³/mol. The molecule has 0 bridgehead atoms. The second-order valence-electron chi connectivity index (χ2n) is 5.85. The fourth-order valence-corrected chi connectivity index (χ4v) is 4.41. The van der Waals surface area contributed by atoms with E-state index < -0.39 is 0 Å². The van der Waals surface area contributed by atoms with Gasteiger partial charge in [-0.25, -0.2) is 4.98 Å². The standard InChI is InChI=1S/C20H20N2O3S2/c1-12-9-15(27-20-21-13(2)11-26-20)6-7-17(12)22-19(23)16-10-14(24-3)5-8-18(16)25-4/h5-11H,1-4H3,(H,22,23). The summed E-state index contributed by atoms with van der Waals surface area (Å²) < 4.78 is 11.5. The fourth-order valence-electron chi connectivity index (χ4n) is 2.50. The van der Waals surface area contributed by atoms with Crippen molar-refractivity contribution in [2.75, 3.05) is 19.5 Å². The number of hydrogen-bond donors (Lipinski definition) is 1. The molecule has 0 saturated heterocycles. The summed E-state index contributed by atoms with van der Waals surface area (Å²) in [6.07, 6.45) is 0. The molecule has 5 nitrogen and oxygen atoms in total. The number of carbonyl (C=O) groups excluding carboxylic acids is 1. The fraction of sp³-hybridized carbons (Fsp3) is 0.200. The summed E-state index contributed by atoms with van der Waals surface area (Å²) in [5.41, 5.74) is 3.18. The molecule has 2 aromatic carbocycles. The maximum absolute atomic E-state index is 12.7. The van der Waals surface area contributed by atoms with Crippen LogP contribution in [0.5, 0.6) is 11.5 Å². The molecule has 0 spiro atoms. The molecule has 1 aromatic heterocycles. The highest BCUT2D eigenvalue weighted by atomic mass is 32.2. The Labute approximate surface area is 166 Å². The summed E-state index contributed by atoms with van der Waals surface area (Å²) in [7, 11) is 3.10. The Balaban J connectivity index is 1.78. The molecule has 140 valence electrons. The van der Waals surface area contributed by atoms with Crippen LogP contribution in [0, 0.1) is 13.8 Å². The highest BCUT2D eigenvalue weighted by Crippen LogP contribution is 2.33. The molecule has 0 fully saturated rings. The SMILES string of the molecule is COc1ccc(OC)c(C(=O)Nc2ccc(Sc3nc(C)cs3)cc2C)c1. The Morgan fingerprint density at radius 1 is 1.11 bits per heavy atom. The van der Waals surface area contributed by atoms with E-state index in [-0.39, 0.29) is 5.91 Å². The third-order valence-electron chi connectivity index (χ3n) is 3.90. The van der Waals surface area contributed by atoms with Gasteiger partial charge in [-0.2, -0.15) is 0 Å². The molecule has 3 rings (SSSR count). The summed E-state index contributed by atoms with van der Waals surface area (Å²) in [4.78, 5) is 18.3. The number of amides is 1. The van der Waals surface area contributed by atoms with Crippen LogP contribution in [0.15, 0.2) is 51.0 Å². The quantitative estimate of drug-likeness (QED) is 0.618. The molecule has 3 aromatic rings. The van der Waals surface area contributed by atoms with Crippen molar-refractivity contribution in [3.63, 3.8) is 0 Å². The lowest BCUT2D eigenvalue weighted by Crippen LogP contribution is -2.14. The summed E-state index contributed by atoms with van der Waals surface area (Å²) in [6.45, 7) is 3.95. The Morgan fingerprint density at radius 3 is 2.56 bits per heavy atom. The van der Waals surface area contributed by atoms with Crippen molar-refractivity contribution < 1.29 is 14.3 Å². The van der Waals surface area contributed by atoms with E-state index in [1.165, 1.54) is 7.11 Å². The Morgan fingerprint density at radius 2 is 1.93 bits per heavy atom. The zero-order valence-corrected chi connectivity index (χ0v) is 17.2. The number of hydrogen-bond acceptors (Lipinski definition) is 6. The molecule has 1 heterocycles. The van der Waals surface area contributed by atoms with Gasteiger partial charge in [-0.1, -0.05) is 11.8 Å². The van der Waals surface area contributed by atoms with E-state index in [4.69, 9.17) is 9.47 Å². The molecule has 0 radical (unpaired) electrons. The normalized spacial score (nSPS) is 10.5. The Bertz CT molecular complexity index is 970. The number of carbonyl (C=O) groups is 1. The van der Waals surface area contributed by atoms with Crippen molar-refractivity contribution in [1.29, 1.82) is 0 Å². The maximum atomic E-state index is 12.7. The van der Waals surface area contributed by atoms with E-state index in [0.29, 0.717) is 17.1 Å².